The minimum atomic E-state index is -0.339. The standard InChI is InChI=1S/C13H17NO3/c1-13(2,7-15)9-4-8-5-11(16)14-12(8)10(6-9)17-3/h4,6,15H,5,7H2,1-3H3,(H,14,16). The maximum Gasteiger partial charge on any atom is 0.228 e. The average Bonchev–Trinajstić information content (AvgIpc) is 2.67. The fourth-order valence-electron chi connectivity index (χ4n) is 1.95. The predicted octanol–water partition coefficient (Wildman–Crippen LogP) is 1.46. The fraction of sp³-hybridized carbons (Fsp3) is 0.462. The van der Waals surface area contributed by atoms with Crippen molar-refractivity contribution in [3.63, 3.8) is 0 Å². The molecule has 0 fully saturated rings. The number of anilines is 1. The third-order valence-corrected chi connectivity index (χ3v) is 3.20. The molecule has 4 nitrogen and oxygen atoms in total. The number of benzene rings is 1. The molecule has 17 heavy (non-hydrogen) atoms. The lowest BCUT2D eigenvalue weighted by Gasteiger charge is -2.24. The number of hydrogen-bond acceptors (Lipinski definition) is 3. The Morgan fingerprint density at radius 1 is 1.47 bits per heavy atom. The first kappa shape index (κ1) is 11.9. The van der Waals surface area contributed by atoms with Gasteiger partial charge < -0.3 is 15.2 Å². The van der Waals surface area contributed by atoms with Crippen LogP contribution in [-0.4, -0.2) is 24.7 Å². The van der Waals surface area contributed by atoms with Gasteiger partial charge in [-0.15, -0.1) is 0 Å². The Bertz CT molecular complexity index is 466. The van der Waals surface area contributed by atoms with E-state index < -0.39 is 0 Å². The molecule has 1 aliphatic heterocycles. The molecule has 92 valence electrons. The molecule has 4 heteroatoms. The van der Waals surface area contributed by atoms with Crippen LogP contribution in [0.2, 0.25) is 0 Å². The molecule has 1 heterocycles. The molecule has 0 saturated carbocycles. The SMILES string of the molecule is COc1cc(C(C)(C)CO)cc2c1NC(=O)C2. The topological polar surface area (TPSA) is 58.6 Å². The van der Waals surface area contributed by atoms with Crippen molar-refractivity contribution in [3.05, 3.63) is 23.3 Å². The summed E-state index contributed by atoms with van der Waals surface area (Å²) in [6.45, 7) is 3.97. The highest BCUT2D eigenvalue weighted by atomic mass is 16.5. The highest BCUT2D eigenvalue weighted by Gasteiger charge is 2.27. The van der Waals surface area contributed by atoms with E-state index in [1.54, 1.807) is 7.11 Å². The lowest BCUT2D eigenvalue weighted by atomic mass is 9.84. The number of fused-ring (bicyclic) bond motifs is 1. The molecule has 0 aromatic heterocycles. The van der Waals surface area contributed by atoms with Crippen LogP contribution in [0.25, 0.3) is 0 Å². The Labute approximate surface area is 101 Å². The summed E-state index contributed by atoms with van der Waals surface area (Å²) in [5.41, 5.74) is 2.33. The number of amides is 1. The fourth-order valence-corrected chi connectivity index (χ4v) is 1.95. The van der Waals surface area contributed by atoms with Crippen molar-refractivity contribution in [2.75, 3.05) is 19.0 Å². The summed E-state index contributed by atoms with van der Waals surface area (Å²) in [4.78, 5) is 11.4. The van der Waals surface area contributed by atoms with Gasteiger partial charge in [0.2, 0.25) is 5.91 Å². The summed E-state index contributed by atoms with van der Waals surface area (Å²) in [7, 11) is 1.58. The number of methoxy groups -OCH3 is 1. The summed E-state index contributed by atoms with van der Waals surface area (Å²) in [6, 6.07) is 3.84. The van der Waals surface area contributed by atoms with Crippen LogP contribution in [0.15, 0.2) is 12.1 Å². The molecule has 0 radical (unpaired) electrons. The smallest absolute Gasteiger partial charge is 0.228 e. The number of aliphatic hydroxyl groups excluding tert-OH is 1. The normalized spacial score (nSPS) is 14.5. The van der Waals surface area contributed by atoms with Crippen LogP contribution in [0.4, 0.5) is 5.69 Å². The maximum absolute atomic E-state index is 11.4. The molecule has 1 aromatic rings. The van der Waals surface area contributed by atoms with Gasteiger partial charge in [-0.3, -0.25) is 4.79 Å². The number of carbonyl (C=O) groups is 1. The summed E-state index contributed by atoms with van der Waals surface area (Å²) in [6.07, 6.45) is 0.376. The summed E-state index contributed by atoms with van der Waals surface area (Å²) >= 11 is 0. The zero-order chi connectivity index (χ0) is 12.6. The van der Waals surface area contributed by atoms with Gasteiger partial charge in [0.1, 0.15) is 5.75 Å². The lowest BCUT2D eigenvalue weighted by molar-refractivity contribution is -0.115. The van der Waals surface area contributed by atoms with E-state index in [2.05, 4.69) is 5.32 Å². The quantitative estimate of drug-likeness (QED) is 0.834. The second-order valence-electron chi connectivity index (χ2n) is 4.98. The molecular weight excluding hydrogens is 218 g/mol. The molecule has 0 spiro atoms. The van der Waals surface area contributed by atoms with Crippen molar-refractivity contribution < 1.29 is 14.6 Å². The van der Waals surface area contributed by atoms with Crippen molar-refractivity contribution in [1.29, 1.82) is 0 Å². The molecular formula is C13H17NO3. The number of rotatable bonds is 3. The van der Waals surface area contributed by atoms with Crippen molar-refractivity contribution in [1.82, 2.24) is 0 Å². The zero-order valence-corrected chi connectivity index (χ0v) is 10.3. The predicted molar refractivity (Wildman–Crippen MR) is 65.4 cm³/mol. The van der Waals surface area contributed by atoms with Gasteiger partial charge in [0, 0.05) is 5.41 Å². The van der Waals surface area contributed by atoms with Crippen molar-refractivity contribution >= 4 is 11.6 Å². The number of hydrogen-bond donors (Lipinski definition) is 2. The molecule has 0 unspecified atom stereocenters. The third-order valence-electron chi connectivity index (χ3n) is 3.20. The molecule has 0 aliphatic carbocycles. The second kappa shape index (κ2) is 4.04. The molecule has 0 saturated heterocycles. The second-order valence-corrected chi connectivity index (χ2v) is 4.98. The Morgan fingerprint density at radius 2 is 2.18 bits per heavy atom. The Hall–Kier alpha value is -1.55. The number of aliphatic hydroxyl groups is 1. The van der Waals surface area contributed by atoms with E-state index >= 15 is 0 Å². The van der Waals surface area contributed by atoms with Crippen molar-refractivity contribution in [2.24, 2.45) is 0 Å². The summed E-state index contributed by atoms with van der Waals surface area (Å²) < 4.78 is 5.29. The monoisotopic (exact) mass is 235 g/mol. The van der Waals surface area contributed by atoms with Gasteiger partial charge in [0.05, 0.1) is 25.8 Å². The van der Waals surface area contributed by atoms with Gasteiger partial charge in [-0.05, 0) is 17.2 Å². The molecule has 0 atom stereocenters. The lowest BCUT2D eigenvalue weighted by Crippen LogP contribution is -2.22. The van der Waals surface area contributed by atoms with Crippen LogP contribution in [0.5, 0.6) is 5.75 Å². The average molecular weight is 235 g/mol. The van der Waals surface area contributed by atoms with Crippen LogP contribution < -0.4 is 10.1 Å². The van der Waals surface area contributed by atoms with Gasteiger partial charge in [0.15, 0.2) is 0 Å². The van der Waals surface area contributed by atoms with E-state index in [0.29, 0.717) is 12.2 Å². The van der Waals surface area contributed by atoms with Crippen molar-refractivity contribution in [2.45, 2.75) is 25.7 Å². The van der Waals surface area contributed by atoms with Crippen LogP contribution >= 0.6 is 0 Å². The maximum atomic E-state index is 11.4. The highest BCUT2D eigenvalue weighted by molar-refractivity contribution is 6.01. The van der Waals surface area contributed by atoms with E-state index in [1.807, 2.05) is 26.0 Å². The number of nitrogens with one attached hydrogen (secondary N) is 1. The zero-order valence-electron chi connectivity index (χ0n) is 10.3. The van der Waals surface area contributed by atoms with E-state index in [4.69, 9.17) is 4.74 Å². The molecule has 2 rings (SSSR count). The van der Waals surface area contributed by atoms with Crippen LogP contribution in [0, 0.1) is 0 Å². The first-order chi connectivity index (χ1) is 7.97. The Balaban J connectivity index is 2.53. The van der Waals surface area contributed by atoms with E-state index in [0.717, 1.165) is 16.8 Å². The molecule has 1 aliphatic rings. The van der Waals surface area contributed by atoms with Gasteiger partial charge >= 0.3 is 0 Å². The first-order valence-corrected chi connectivity index (χ1v) is 5.60. The Kier molecular flexibility index (Phi) is 2.83. The van der Waals surface area contributed by atoms with Crippen LogP contribution in [0.1, 0.15) is 25.0 Å². The summed E-state index contributed by atoms with van der Waals surface area (Å²) in [5.74, 6) is 0.641. The third kappa shape index (κ3) is 2.00. The van der Waals surface area contributed by atoms with Crippen molar-refractivity contribution in [3.8, 4) is 5.75 Å². The molecule has 0 bridgehead atoms. The Morgan fingerprint density at radius 3 is 2.76 bits per heavy atom. The van der Waals surface area contributed by atoms with Gasteiger partial charge in [0.25, 0.3) is 0 Å². The van der Waals surface area contributed by atoms with Crippen LogP contribution in [-0.2, 0) is 16.6 Å². The van der Waals surface area contributed by atoms with E-state index in [-0.39, 0.29) is 17.9 Å². The number of ether oxygens (including phenoxy) is 1. The van der Waals surface area contributed by atoms with Crippen LogP contribution in [0.3, 0.4) is 0 Å². The first-order valence-electron chi connectivity index (χ1n) is 5.60. The minimum absolute atomic E-state index is 0.0164. The summed E-state index contributed by atoms with van der Waals surface area (Å²) in [5, 5.41) is 12.2. The number of carbonyl (C=O) groups excluding carboxylic acids is 1. The van der Waals surface area contributed by atoms with E-state index in [1.165, 1.54) is 0 Å². The largest absolute Gasteiger partial charge is 0.495 e. The highest BCUT2D eigenvalue weighted by Crippen LogP contribution is 2.37. The minimum Gasteiger partial charge on any atom is -0.495 e. The molecule has 2 N–H and O–H groups in total. The van der Waals surface area contributed by atoms with Gasteiger partial charge in [-0.2, -0.15) is 0 Å². The molecule has 1 aromatic carbocycles. The van der Waals surface area contributed by atoms with E-state index in [9.17, 15) is 9.90 Å². The van der Waals surface area contributed by atoms with Gasteiger partial charge in [-0.25, -0.2) is 0 Å². The molecule has 1 amide bonds. The van der Waals surface area contributed by atoms with Gasteiger partial charge in [-0.1, -0.05) is 19.9 Å².